The van der Waals surface area contributed by atoms with Gasteiger partial charge in [0.25, 0.3) is 0 Å². The number of rotatable bonds is 1. The lowest BCUT2D eigenvalue weighted by atomic mass is 9.78. The van der Waals surface area contributed by atoms with Gasteiger partial charge in [0.15, 0.2) is 0 Å². The largest absolute Gasteiger partial charge is 0.324 e. The van der Waals surface area contributed by atoms with E-state index >= 15 is 0 Å². The van der Waals surface area contributed by atoms with Crippen LogP contribution in [0.4, 0.5) is 0 Å². The van der Waals surface area contributed by atoms with Crippen molar-refractivity contribution in [1.82, 2.24) is 4.31 Å². The molecule has 0 aromatic rings. The summed E-state index contributed by atoms with van der Waals surface area (Å²) in [5.41, 5.74) is -0.296. The minimum atomic E-state index is -3.92. The second kappa shape index (κ2) is 3.85. The van der Waals surface area contributed by atoms with Gasteiger partial charge in [-0.05, 0) is 31.1 Å². The van der Waals surface area contributed by atoms with E-state index in [0.717, 1.165) is 36.4 Å². The van der Waals surface area contributed by atoms with Crippen LogP contribution in [-0.2, 0) is 14.0 Å². The third-order valence-corrected chi connectivity index (χ3v) is 5.56. The summed E-state index contributed by atoms with van der Waals surface area (Å²) in [6.07, 6.45) is 4.76. The van der Waals surface area contributed by atoms with Crippen LogP contribution in [0.5, 0.6) is 0 Å². The monoisotopic (exact) mass is 279 g/mol. The Balaban J connectivity index is 2.24. The van der Waals surface area contributed by atoms with Gasteiger partial charge in [0, 0.05) is 10.7 Å². The normalized spacial score (nSPS) is 33.4. The number of β-lactam (4-membered cyclic amide) rings is 1. The molecule has 0 N–H and O–H groups in total. The predicted octanol–water partition coefficient (Wildman–Crippen LogP) is 2.43. The molecule has 1 aliphatic heterocycles. The van der Waals surface area contributed by atoms with Gasteiger partial charge in [0.1, 0.15) is 0 Å². The minimum absolute atomic E-state index is 0.226. The topological polar surface area (TPSA) is 54.5 Å². The zero-order valence-corrected chi connectivity index (χ0v) is 11.8. The highest BCUT2D eigenvalue weighted by Gasteiger charge is 2.56. The van der Waals surface area contributed by atoms with E-state index in [2.05, 4.69) is 13.8 Å². The highest BCUT2D eigenvalue weighted by Crippen LogP contribution is 2.49. The summed E-state index contributed by atoms with van der Waals surface area (Å²) in [6, 6.07) is 0. The number of nitrogens with zero attached hydrogens (tertiary/aromatic N) is 1. The molecule has 1 spiro atoms. The second-order valence-electron chi connectivity index (χ2n) is 6.02. The van der Waals surface area contributed by atoms with E-state index in [1.54, 1.807) is 0 Å². The van der Waals surface area contributed by atoms with Crippen LogP contribution in [0.1, 0.15) is 52.4 Å². The number of hydrogen-bond acceptors (Lipinski definition) is 3. The molecule has 1 heterocycles. The number of carbonyl (C=O) groups excluding carboxylic acids is 1. The van der Waals surface area contributed by atoms with Gasteiger partial charge in [-0.25, -0.2) is 4.31 Å². The lowest BCUT2D eigenvalue weighted by Crippen LogP contribution is -2.64. The van der Waals surface area contributed by atoms with Crippen LogP contribution < -0.4 is 0 Å². The van der Waals surface area contributed by atoms with E-state index in [9.17, 15) is 13.2 Å². The van der Waals surface area contributed by atoms with Crippen molar-refractivity contribution in [2.75, 3.05) is 0 Å². The van der Waals surface area contributed by atoms with E-state index in [-0.39, 0.29) is 11.3 Å². The van der Waals surface area contributed by atoms with Gasteiger partial charge >= 0.3 is 9.24 Å². The molecule has 2 fully saturated rings. The molecule has 1 amide bonds. The first kappa shape index (κ1) is 13.1. The van der Waals surface area contributed by atoms with Gasteiger partial charge < -0.3 is 0 Å². The summed E-state index contributed by atoms with van der Waals surface area (Å²) in [4.78, 5) is 11.5. The second-order valence-corrected chi connectivity index (χ2v) is 8.38. The fourth-order valence-corrected chi connectivity index (χ4v) is 4.74. The van der Waals surface area contributed by atoms with Crippen LogP contribution in [-0.4, -0.2) is 24.2 Å². The van der Waals surface area contributed by atoms with Crippen LogP contribution in [0, 0.1) is 5.41 Å². The molecule has 17 heavy (non-hydrogen) atoms. The van der Waals surface area contributed by atoms with E-state index < -0.39 is 14.8 Å². The van der Waals surface area contributed by atoms with E-state index in [4.69, 9.17) is 10.7 Å². The molecule has 0 bridgehead atoms. The maximum absolute atomic E-state index is 11.5. The van der Waals surface area contributed by atoms with Gasteiger partial charge in [-0.2, -0.15) is 8.42 Å². The van der Waals surface area contributed by atoms with Crippen molar-refractivity contribution in [2.45, 2.75) is 57.9 Å². The van der Waals surface area contributed by atoms with E-state index in [1.165, 1.54) is 0 Å². The minimum Gasteiger partial charge on any atom is -0.274 e. The molecule has 2 rings (SSSR count). The molecular weight excluding hydrogens is 262 g/mol. The van der Waals surface area contributed by atoms with Crippen molar-refractivity contribution in [3.63, 3.8) is 0 Å². The first-order valence-corrected chi connectivity index (χ1v) is 8.21. The van der Waals surface area contributed by atoms with Gasteiger partial charge in [0.05, 0.1) is 12.0 Å². The smallest absolute Gasteiger partial charge is 0.274 e. The molecule has 1 aliphatic carbocycles. The molecule has 0 aromatic carbocycles. The maximum Gasteiger partial charge on any atom is 0.324 e. The van der Waals surface area contributed by atoms with Crippen LogP contribution in [0.3, 0.4) is 0 Å². The lowest BCUT2D eigenvalue weighted by Gasteiger charge is -2.49. The van der Waals surface area contributed by atoms with Crippen molar-refractivity contribution in [3.05, 3.63) is 0 Å². The summed E-state index contributed by atoms with van der Waals surface area (Å²) >= 11 is 0. The fourth-order valence-electron chi connectivity index (χ4n) is 3.05. The number of halogens is 1. The Morgan fingerprint density at radius 1 is 1.18 bits per heavy atom. The molecule has 0 radical (unpaired) electrons. The fraction of sp³-hybridized carbons (Fsp3) is 0.909. The number of hydrogen-bond donors (Lipinski definition) is 0. The average Bonchev–Trinajstić information content (AvgIpc) is 2.23. The molecule has 4 nitrogen and oxygen atoms in total. The molecular formula is C11H18ClNO3S. The Labute approximate surface area is 107 Å². The SMILES string of the molecule is CC1(C)CCCC2(CC1)CC(=O)N2S(=O)(=O)Cl. The molecule has 1 saturated heterocycles. The zero-order chi connectivity index (χ0) is 12.9. The van der Waals surface area contributed by atoms with Crippen molar-refractivity contribution in [2.24, 2.45) is 5.41 Å². The summed E-state index contributed by atoms with van der Waals surface area (Å²) in [5, 5.41) is 0. The average molecular weight is 280 g/mol. The summed E-state index contributed by atoms with van der Waals surface area (Å²) < 4.78 is 23.8. The van der Waals surface area contributed by atoms with Crippen LogP contribution >= 0.6 is 10.7 Å². The van der Waals surface area contributed by atoms with Crippen molar-refractivity contribution in [1.29, 1.82) is 0 Å². The zero-order valence-electron chi connectivity index (χ0n) is 10.2. The van der Waals surface area contributed by atoms with Gasteiger partial charge in [-0.1, -0.05) is 20.3 Å². The highest BCUT2D eigenvalue weighted by molar-refractivity contribution is 8.12. The molecule has 2 aliphatic rings. The Hall–Kier alpha value is -0.290. The van der Waals surface area contributed by atoms with Gasteiger partial charge in [0.2, 0.25) is 5.91 Å². The first-order chi connectivity index (χ1) is 7.66. The summed E-state index contributed by atoms with van der Waals surface area (Å²) in [6.45, 7) is 4.37. The summed E-state index contributed by atoms with van der Waals surface area (Å²) in [5.74, 6) is -0.361. The van der Waals surface area contributed by atoms with E-state index in [1.807, 2.05) is 0 Å². The van der Waals surface area contributed by atoms with Crippen LogP contribution in [0.2, 0.25) is 0 Å². The molecule has 6 heteroatoms. The molecule has 98 valence electrons. The number of amides is 1. The van der Waals surface area contributed by atoms with Gasteiger partial charge in [-0.3, -0.25) is 4.79 Å². The van der Waals surface area contributed by atoms with Crippen LogP contribution in [0.15, 0.2) is 0 Å². The third kappa shape index (κ3) is 2.32. The maximum atomic E-state index is 11.5. The van der Waals surface area contributed by atoms with Crippen molar-refractivity contribution in [3.8, 4) is 0 Å². The van der Waals surface area contributed by atoms with Crippen molar-refractivity contribution < 1.29 is 13.2 Å². The molecule has 1 atom stereocenters. The third-order valence-electron chi connectivity index (χ3n) is 4.12. The molecule has 1 saturated carbocycles. The Morgan fingerprint density at radius 2 is 1.82 bits per heavy atom. The van der Waals surface area contributed by atoms with Gasteiger partial charge in [-0.15, -0.1) is 0 Å². The number of carbonyl (C=O) groups is 1. The molecule has 1 unspecified atom stereocenters. The first-order valence-electron chi connectivity index (χ1n) is 5.94. The van der Waals surface area contributed by atoms with E-state index in [0.29, 0.717) is 6.42 Å². The quantitative estimate of drug-likeness (QED) is 0.547. The predicted molar refractivity (Wildman–Crippen MR) is 65.8 cm³/mol. The molecule has 0 aromatic heterocycles. The lowest BCUT2D eigenvalue weighted by molar-refractivity contribution is -0.146. The Morgan fingerprint density at radius 3 is 2.35 bits per heavy atom. The summed E-state index contributed by atoms with van der Waals surface area (Å²) in [7, 11) is 1.43. The Kier molecular flexibility index (Phi) is 2.98. The van der Waals surface area contributed by atoms with Crippen molar-refractivity contribution >= 4 is 25.8 Å². The van der Waals surface area contributed by atoms with Crippen LogP contribution in [0.25, 0.3) is 0 Å². The Bertz CT molecular complexity index is 446. The highest BCUT2D eigenvalue weighted by atomic mass is 35.7. The standard InChI is InChI=1S/C11H18ClNO3S/c1-10(2)4-3-5-11(7-6-10)8-9(14)13(11)17(12,15)16/h3-8H2,1-2H3.